The molecule has 0 heterocycles. The van der Waals surface area contributed by atoms with E-state index in [-0.39, 0.29) is 17.6 Å². The summed E-state index contributed by atoms with van der Waals surface area (Å²) in [6, 6.07) is 6.02. The Balaban J connectivity index is 1.86. The summed E-state index contributed by atoms with van der Waals surface area (Å²) in [5.74, 6) is 1.08. The average Bonchev–Trinajstić information content (AvgIpc) is 2.82. The van der Waals surface area contributed by atoms with Crippen LogP contribution in [0.2, 0.25) is 0 Å². The van der Waals surface area contributed by atoms with E-state index in [4.69, 9.17) is 0 Å². The minimum atomic E-state index is -0.0394. The largest absolute Gasteiger partial charge is 0.511 e. The summed E-state index contributed by atoms with van der Waals surface area (Å²) in [4.78, 5) is 13.1. The van der Waals surface area contributed by atoms with Gasteiger partial charge in [0.15, 0.2) is 5.78 Å². The summed E-state index contributed by atoms with van der Waals surface area (Å²) < 4.78 is 0.948. The summed E-state index contributed by atoms with van der Waals surface area (Å²) in [7, 11) is 0. The summed E-state index contributed by atoms with van der Waals surface area (Å²) in [5, 5.41) is 10.9. The first-order valence-corrected chi connectivity index (χ1v) is 8.85. The molecule has 0 saturated heterocycles. The number of hydrogen-bond acceptors (Lipinski definition) is 2. The van der Waals surface area contributed by atoms with Crippen molar-refractivity contribution in [2.24, 2.45) is 23.7 Å². The number of Topliss-reactive ketones (excluding diaryl/α,β-unsaturated/α-hetero) is 1. The van der Waals surface area contributed by atoms with Gasteiger partial charge >= 0.3 is 0 Å². The Morgan fingerprint density at radius 3 is 2.45 bits per heavy atom. The van der Waals surface area contributed by atoms with Crippen molar-refractivity contribution in [3.8, 4) is 0 Å². The number of allylic oxidation sites excluding steroid dienone is 4. The van der Waals surface area contributed by atoms with Gasteiger partial charge in [0.1, 0.15) is 5.76 Å². The van der Waals surface area contributed by atoms with E-state index in [9.17, 15) is 9.90 Å². The maximum absolute atomic E-state index is 13.1. The molecule has 1 aromatic carbocycles. The minimum absolute atomic E-state index is 0.00920. The molecule has 22 heavy (non-hydrogen) atoms. The number of carbonyl (C=O) groups is 1. The zero-order valence-corrected chi connectivity index (χ0v) is 14.1. The fourth-order valence-electron chi connectivity index (χ4n) is 4.54. The molecule has 1 saturated carbocycles. The van der Waals surface area contributed by atoms with E-state index in [2.05, 4.69) is 35.0 Å². The van der Waals surface area contributed by atoms with Gasteiger partial charge in [0, 0.05) is 16.3 Å². The Hall–Kier alpha value is -1.35. The molecule has 2 bridgehead atoms. The van der Waals surface area contributed by atoms with E-state index in [1.54, 1.807) is 0 Å². The highest BCUT2D eigenvalue weighted by Crippen LogP contribution is 2.54. The number of aliphatic hydroxyl groups is 1. The molecule has 4 atom stereocenters. The lowest BCUT2D eigenvalue weighted by Gasteiger charge is -2.40. The molecule has 3 heteroatoms. The molecule has 0 radical (unpaired) electrons. The van der Waals surface area contributed by atoms with Gasteiger partial charge in [-0.3, -0.25) is 4.79 Å². The van der Waals surface area contributed by atoms with Gasteiger partial charge < -0.3 is 5.11 Å². The van der Waals surface area contributed by atoms with Crippen LogP contribution >= 0.6 is 15.9 Å². The molecule has 0 amide bonds. The van der Waals surface area contributed by atoms with Gasteiger partial charge in [0.05, 0.1) is 5.57 Å². The van der Waals surface area contributed by atoms with Crippen molar-refractivity contribution in [1.82, 2.24) is 0 Å². The molecule has 1 N–H and O–H groups in total. The number of aryl methyl sites for hydroxylation is 1. The first-order chi connectivity index (χ1) is 10.6. The lowest BCUT2D eigenvalue weighted by molar-refractivity contribution is -0.120. The van der Waals surface area contributed by atoms with E-state index < -0.39 is 0 Å². The second-order valence-electron chi connectivity index (χ2n) is 6.62. The molecule has 0 aliphatic heterocycles. The Morgan fingerprint density at radius 1 is 1.18 bits per heavy atom. The van der Waals surface area contributed by atoms with Gasteiger partial charge in [-0.15, -0.1) is 0 Å². The Labute approximate surface area is 139 Å². The van der Waals surface area contributed by atoms with E-state index in [0.29, 0.717) is 23.2 Å². The van der Waals surface area contributed by atoms with Gasteiger partial charge in [-0.25, -0.2) is 0 Å². The van der Waals surface area contributed by atoms with Gasteiger partial charge in [-0.1, -0.05) is 41.1 Å². The molecule has 1 aromatic rings. The normalized spacial score (nSPS) is 32.7. The van der Waals surface area contributed by atoms with Crippen LogP contribution in [0.5, 0.6) is 0 Å². The van der Waals surface area contributed by atoms with Crippen molar-refractivity contribution in [3.63, 3.8) is 0 Å². The number of benzene rings is 1. The van der Waals surface area contributed by atoms with Crippen LogP contribution in [0.4, 0.5) is 0 Å². The fourth-order valence-corrected chi connectivity index (χ4v) is 4.91. The predicted octanol–water partition coefficient (Wildman–Crippen LogP) is 4.69. The topological polar surface area (TPSA) is 37.3 Å². The van der Waals surface area contributed by atoms with Crippen molar-refractivity contribution < 1.29 is 9.90 Å². The van der Waals surface area contributed by atoms with E-state index in [0.717, 1.165) is 34.9 Å². The molecule has 114 valence electrons. The van der Waals surface area contributed by atoms with Crippen molar-refractivity contribution in [2.45, 2.75) is 26.2 Å². The predicted molar refractivity (Wildman–Crippen MR) is 90.4 cm³/mol. The van der Waals surface area contributed by atoms with Crippen LogP contribution in [0.15, 0.2) is 40.6 Å². The number of aliphatic hydroxyl groups excluding tert-OH is 1. The summed E-state index contributed by atoms with van der Waals surface area (Å²) in [5.41, 5.74) is 2.61. The SMILES string of the molecule is CCc1ccc(Br)cc1C1=C(O)[C@@H]2[C@H](C1=O)[C@@H]1C=C[C@H]2CC1. The first kappa shape index (κ1) is 14.3. The maximum atomic E-state index is 13.1. The van der Waals surface area contributed by atoms with Crippen LogP contribution in [0.1, 0.15) is 30.9 Å². The molecule has 5 rings (SSSR count). The molecular weight excluding hydrogens is 340 g/mol. The van der Waals surface area contributed by atoms with E-state index in [1.807, 2.05) is 18.2 Å². The third-order valence-electron chi connectivity index (χ3n) is 5.59. The van der Waals surface area contributed by atoms with Crippen LogP contribution in [-0.4, -0.2) is 10.9 Å². The standard InChI is InChI=1S/C19H19BrO2/c1-2-10-7-8-13(20)9-14(10)17-18(21)15-11-3-4-12(6-5-11)16(15)19(17)22/h3-4,7-9,11-12,15-16,21H,2,5-6H2,1H3/t11-,12+,15-,16+/m0/s1. The zero-order valence-electron chi connectivity index (χ0n) is 12.6. The molecule has 4 aliphatic carbocycles. The lowest BCUT2D eigenvalue weighted by atomic mass is 9.63. The molecule has 4 aliphatic rings. The van der Waals surface area contributed by atoms with Crippen molar-refractivity contribution >= 4 is 27.3 Å². The van der Waals surface area contributed by atoms with Crippen LogP contribution in [0, 0.1) is 23.7 Å². The van der Waals surface area contributed by atoms with Crippen LogP contribution in [0.25, 0.3) is 5.57 Å². The molecule has 0 aromatic heterocycles. The number of fused-ring (bicyclic) bond motifs is 1. The van der Waals surface area contributed by atoms with E-state index >= 15 is 0 Å². The monoisotopic (exact) mass is 358 g/mol. The molecule has 0 unspecified atom stereocenters. The fraction of sp³-hybridized carbons (Fsp3) is 0.421. The number of halogens is 1. The van der Waals surface area contributed by atoms with Gasteiger partial charge in [0.25, 0.3) is 0 Å². The minimum Gasteiger partial charge on any atom is -0.511 e. The van der Waals surface area contributed by atoms with Gasteiger partial charge in [-0.05, 0) is 54.4 Å². The number of carbonyl (C=O) groups excluding carboxylic acids is 1. The van der Waals surface area contributed by atoms with Crippen molar-refractivity contribution in [3.05, 3.63) is 51.7 Å². The average molecular weight is 359 g/mol. The van der Waals surface area contributed by atoms with E-state index in [1.165, 1.54) is 0 Å². The number of hydrogen-bond donors (Lipinski definition) is 1. The smallest absolute Gasteiger partial charge is 0.171 e. The second kappa shape index (κ2) is 5.09. The zero-order chi connectivity index (χ0) is 15.4. The van der Waals surface area contributed by atoms with Crippen molar-refractivity contribution in [2.75, 3.05) is 0 Å². The molecule has 2 nitrogen and oxygen atoms in total. The Kier molecular flexibility index (Phi) is 3.30. The van der Waals surface area contributed by atoms with Crippen LogP contribution in [0.3, 0.4) is 0 Å². The summed E-state index contributed by atoms with van der Waals surface area (Å²) in [6.07, 6.45) is 7.43. The lowest BCUT2D eigenvalue weighted by Crippen LogP contribution is -2.38. The van der Waals surface area contributed by atoms with Gasteiger partial charge in [-0.2, -0.15) is 0 Å². The van der Waals surface area contributed by atoms with Crippen LogP contribution in [-0.2, 0) is 11.2 Å². The highest BCUT2D eigenvalue weighted by atomic mass is 79.9. The van der Waals surface area contributed by atoms with Crippen molar-refractivity contribution in [1.29, 1.82) is 0 Å². The van der Waals surface area contributed by atoms with Crippen LogP contribution < -0.4 is 0 Å². The third-order valence-corrected chi connectivity index (χ3v) is 6.08. The molecule has 0 spiro atoms. The summed E-state index contributed by atoms with van der Waals surface area (Å²) >= 11 is 3.50. The first-order valence-electron chi connectivity index (χ1n) is 8.06. The highest BCUT2D eigenvalue weighted by molar-refractivity contribution is 9.10. The molecule has 1 fully saturated rings. The quantitative estimate of drug-likeness (QED) is 0.778. The third kappa shape index (κ3) is 1.88. The Bertz CT molecular complexity index is 716. The number of ketones is 1. The highest BCUT2D eigenvalue weighted by Gasteiger charge is 2.52. The summed E-state index contributed by atoms with van der Waals surface area (Å²) in [6.45, 7) is 2.09. The van der Waals surface area contributed by atoms with Gasteiger partial charge in [0.2, 0.25) is 0 Å². The Morgan fingerprint density at radius 2 is 1.86 bits per heavy atom. The second-order valence-corrected chi connectivity index (χ2v) is 7.54. The maximum Gasteiger partial charge on any atom is 0.171 e. The molecular formula is C19H19BrO2. The number of rotatable bonds is 2.